The molecule has 1 aromatic heterocycles. The molecule has 0 saturated carbocycles. The summed E-state index contributed by atoms with van der Waals surface area (Å²) < 4.78 is 40.1. The number of carbonyl (C=O) groups is 1. The van der Waals surface area contributed by atoms with E-state index >= 15 is 0 Å². The van der Waals surface area contributed by atoms with Crippen LogP contribution in [-0.2, 0) is 10.0 Å². The van der Waals surface area contributed by atoms with Crippen molar-refractivity contribution in [3.8, 4) is 11.5 Å². The minimum Gasteiger partial charge on any atom is -0.495 e. The second kappa shape index (κ2) is 12.1. The number of hydrogen-bond donors (Lipinski definition) is 0. The van der Waals surface area contributed by atoms with Crippen molar-refractivity contribution in [2.45, 2.75) is 32.6 Å². The molecule has 0 atom stereocenters. The fourth-order valence-corrected chi connectivity index (χ4v) is 7.59. The first-order valence-corrected chi connectivity index (χ1v) is 15.5. The van der Waals surface area contributed by atoms with Crippen molar-refractivity contribution >= 4 is 42.6 Å². The molecule has 4 rings (SSSR count). The van der Waals surface area contributed by atoms with Gasteiger partial charge in [0.1, 0.15) is 21.7 Å². The van der Waals surface area contributed by atoms with Crippen molar-refractivity contribution in [2.24, 2.45) is 11.8 Å². The van der Waals surface area contributed by atoms with E-state index in [-0.39, 0.29) is 22.6 Å². The molecule has 1 amide bonds. The number of carbonyl (C=O) groups excluding carboxylic acids is 1. The standard InChI is InChI=1S/C28H38N4O5S2/c1-19(2)17-32(18-20(3)4)39(34,35)22-9-7-21(8-10-22)27(33)30-13-15-31(16-14-30)28-29-25-23(36-5)11-12-24(37-6)26(25)38-28/h7-12,19-20H,13-18H2,1-6H3. The number of fused-ring (bicyclic) bond motifs is 1. The first-order valence-electron chi connectivity index (χ1n) is 13.2. The normalized spacial score (nSPS) is 14.6. The Bertz CT molecular complexity index is 1340. The van der Waals surface area contributed by atoms with Crippen LogP contribution in [0.25, 0.3) is 10.2 Å². The number of rotatable bonds is 10. The smallest absolute Gasteiger partial charge is 0.253 e. The number of thiazole rings is 1. The lowest BCUT2D eigenvalue weighted by Crippen LogP contribution is -2.48. The van der Waals surface area contributed by atoms with Gasteiger partial charge in [-0.2, -0.15) is 4.31 Å². The summed E-state index contributed by atoms with van der Waals surface area (Å²) in [4.78, 5) is 22.2. The van der Waals surface area contributed by atoms with Gasteiger partial charge in [-0.15, -0.1) is 0 Å². The lowest BCUT2D eigenvalue weighted by atomic mass is 10.2. The number of nitrogens with zero attached hydrogens (tertiary/aromatic N) is 4. The van der Waals surface area contributed by atoms with Gasteiger partial charge in [0.25, 0.3) is 5.91 Å². The molecule has 2 heterocycles. The van der Waals surface area contributed by atoms with Crippen LogP contribution < -0.4 is 14.4 Å². The number of sulfonamides is 1. The first kappa shape index (κ1) is 29.1. The zero-order valence-corrected chi connectivity index (χ0v) is 25.1. The molecule has 0 bridgehead atoms. The fraction of sp³-hybridized carbons (Fsp3) is 0.500. The fourth-order valence-electron chi connectivity index (χ4n) is 4.70. The molecule has 2 aromatic carbocycles. The van der Waals surface area contributed by atoms with E-state index in [4.69, 9.17) is 14.5 Å². The van der Waals surface area contributed by atoms with Gasteiger partial charge in [0, 0.05) is 44.8 Å². The molecule has 0 N–H and O–H groups in total. The summed E-state index contributed by atoms with van der Waals surface area (Å²) in [5.74, 6) is 1.77. The van der Waals surface area contributed by atoms with E-state index in [9.17, 15) is 13.2 Å². The summed E-state index contributed by atoms with van der Waals surface area (Å²) in [7, 11) is -0.376. The van der Waals surface area contributed by atoms with Crippen molar-refractivity contribution < 1.29 is 22.7 Å². The molecular weight excluding hydrogens is 536 g/mol. The van der Waals surface area contributed by atoms with Gasteiger partial charge >= 0.3 is 0 Å². The third kappa shape index (κ3) is 6.31. The number of amides is 1. The summed E-state index contributed by atoms with van der Waals surface area (Å²) >= 11 is 1.55. The highest BCUT2D eigenvalue weighted by Crippen LogP contribution is 2.40. The van der Waals surface area contributed by atoms with E-state index in [2.05, 4.69) is 4.90 Å². The van der Waals surface area contributed by atoms with Crippen molar-refractivity contribution in [3.05, 3.63) is 42.0 Å². The number of hydrogen-bond acceptors (Lipinski definition) is 8. The minimum absolute atomic E-state index is 0.104. The molecule has 9 nitrogen and oxygen atoms in total. The van der Waals surface area contributed by atoms with Crippen LogP contribution in [0.5, 0.6) is 11.5 Å². The number of anilines is 1. The number of methoxy groups -OCH3 is 2. The van der Waals surface area contributed by atoms with E-state index in [1.165, 1.54) is 0 Å². The highest BCUT2D eigenvalue weighted by molar-refractivity contribution is 7.89. The Kier molecular flexibility index (Phi) is 9.03. The predicted octanol–water partition coefficient (Wildman–Crippen LogP) is 4.58. The van der Waals surface area contributed by atoms with Gasteiger partial charge in [0.2, 0.25) is 10.0 Å². The molecule has 0 radical (unpaired) electrons. The maximum Gasteiger partial charge on any atom is 0.253 e. The molecule has 212 valence electrons. The third-order valence-electron chi connectivity index (χ3n) is 6.61. The molecule has 39 heavy (non-hydrogen) atoms. The van der Waals surface area contributed by atoms with Crippen LogP contribution in [0.1, 0.15) is 38.1 Å². The van der Waals surface area contributed by atoms with Crippen molar-refractivity contribution in [1.29, 1.82) is 0 Å². The predicted molar refractivity (Wildman–Crippen MR) is 156 cm³/mol. The Labute approximate surface area is 235 Å². The van der Waals surface area contributed by atoms with Crippen LogP contribution in [0.3, 0.4) is 0 Å². The second-order valence-electron chi connectivity index (χ2n) is 10.6. The van der Waals surface area contributed by atoms with Crippen LogP contribution >= 0.6 is 11.3 Å². The van der Waals surface area contributed by atoms with Gasteiger partial charge in [-0.25, -0.2) is 13.4 Å². The molecule has 1 saturated heterocycles. The maximum absolute atomic E-state index is 13.3. The monoisotopic (exact) mass is 574 g/mol. The molecule has 3 aromatic rings. The Hall–Kier alpha value is -2.89. The minimum atomic E-state index is -3.64. The summed E-state index contributed by atoms with van der Waals surface area (Å²) in [6, 6.07) is 10.1. The van der Waals surface area contributed by atoms with E-state index in [1.54, 1.807) is 59.0 Å². The van der Waals surface area contributed by atoms with Gasteiger partial charge in [0.15, 0.2) is 5.13 Å². The summed E-state index contributed by atoms with van der Waals surface area (Å²) in [6.45, 7) is 11.3. The number of ether oxygens (including phenoxy) is 2. The Morgan fingerprint density at radius 3 is 2.03 bits per heavy atom. The summed E-state index contributed by atoms with van der Waals surface area (Å²) in [5.41, 5.74) is 1.25. The molecule has 1 aliphatic heterocycles. The van der Waals surface area contributed by atoms with Gasteiger partial charge in [-0.05, 0) is 48.2 Å². The van der Waals surface area contributed by atoms with Crippen LogP contribution in [0.4, 0.5) is 5.13 Å². The van der Waals surface area contributed by atoms with Gasteiger partial charge in [-0.1, -0.05) is 39.0 Å². The number of aromatic nitrogens is 1. The molecule has 0 aliphatic carbocycles. The van der Waals surface area contributed by atoms with E-state index in [0.717, 1.165) is 21.1 Å². The van der Waals surface area contributed by atoms with E-state index in [0.29, 0.717) is 50.6 Å². The maximum atomic E-state index is 13.3. The van der Waals surface area contributed by atoms with Crippen molar-refractivity contribution in [1.82, 2.24) is 14.2 Å². The molecule has 1 fully saturated rings. The van der Waals surface area contributed by atoms with Crippen LogP contribution in [0.15, 0.2) is 41.3 Å². The van der Waals surface area contributed by atoms with Crippen molar-refractivity contribution in [3.63, 3.8) is 0 Å². The van der Waals surface area contributed by atoms with Gasteiger partial charge in [-0.3, -0.25) is 4.79 Å². The average molecular weight is 575 g/mol. The van der Waals surface area contributed by atoms with Crippen LogP contribution in [0, 0.1) is 11.8 Å². The summed E-state index contributed by atoms with van der Waals surface area (Å²) in [6.07, 6.45) is 0. The third-order valence-corrected chi connectivity index (χ3v) is 9.59. The topological polar surface area (TPSA) is 92.3 Å². The molecule has 11 heteroatoms. The highest BCUT2D eigenvalue weighted by Gasteiger charge is 2.28. The lowest BCUT2D eigenvalue weighted by molar-refractivity contribution is 0.0746. The van der Waals surface area contributed by atoms with Gasteiger partial charge < -0.3 is 19.3 Å². The zero-order valence-electron chi connectivity index (χ0n) is 23.5. The van der Waals surface area contributed by atoms with Crippen LogP contribution in [-0.4, -0.2) is 82.0 Å². The quantitative estimate of drug-likeness (QED) is 0.350. The highest BCUT2D eigenvalue weighted by atomic mass is 32.2. The Morgan fingerprint density at radius 1 is 0.923 bits per heavy atom. The average Bonchev–Trinajstić information content (AvgIpc) is 3.37. The zero-order chi connectivity index (χ0) is 28.3. The van der Waals surface area contributed by atoms with Crippen LogP contribution in [0.2, 0.25) is 0 Å². The summed E-state index contributed by atoms with van der Waals surface area (Å²) in [5, 5.41) is 0.863. The Morgan fingerprint density at radius 2 is 1.49 bits per heavy atom. The number of benzene rings is 2. The van der Waals surface area contributed by atoms with E-state index in [1.807, 2.05) is 39.8 Å². The van der Waals surface area contributed by atoms with Gasteiger partial charge in [0.05, 0.1) is 19.1 Å². The number of piperazine rings is 1. The Balaban J connectivity index is 1.44. The molecule has 1 aliphatic rings. The van der Waals surface area contributed by atoms with E-state index < -0.39 is 10.0 Å². The molecule has 0 unspecified atom stereocenters. The molecule has 0 spiro atoms. The van der Waals surface area contributed by atoms with Crippen molar-refractivity contribution in [2.75, 3.05) is 58.4 Å². The lowest BCUT2D eigenvalue weighted by Gasteiger charge is -2.34. The first-order chi connectivity index (χ1) is 18.5. The second-order valence-corrected chi connectivity index (χ2v) is 13.5. The molecular formula is C28H38N4O5S2. The SMILES string of the molecule is COc1ccc(OC)c2sc(N3CCN(C(=O)c4ccc(S(=O)(=O)N(CC(C)C)CC(C)C)cc4)CC3)nc12. The largest absolute Gasteiger partial charge is 0.495 e.